The number of nitrogens with two attached hydrogens (primary N) is 1. The highest BCUT2D eigenvalue weighted by atomic mass is 35.5. The predicted octanol–water partition coefficient (Wildman–Crippen LogP) is 4.25. The Morgan fingerprint density at radius 1 is 1.31 bits per heavy atom. The maximum Gasteiger partial charge on any atom is 0.143 e. The molecule has 1 fully saturated rings. The van der Waals surface area contributed by atoms with Gasteiger partial charge in [-0.15, -0.1) is 11.8 Å². The van der Waals surface area contributed by atoms with Crippen LogP contribution in [0.1, 0.15) is 25.7 Å². The van der Waals surface area contributed by atoms with Crippen molar-refractivity contribution in [1.82, 2.24) is 4.98 Å². The molecule has 1 heterocycles. The van der Waals surface area contributed by atoms with Gasteiger partial charge in [-0.05, 0) is 24.8 Å². The molecule has 0 spiro atoms. The van der Waals surface area contributed by atoms with Crippen molar-refractivity contribution < 1.29 is 0 Å². The fourth-order valence-electron chi connectivity index (χ4n) is 1.94. The number of pyridine rings is 1. The molecular weight excluding hydrogens is 263 g/mol. The minimum atomic E-state index is 0.361. The van der Waals surface area contributed by atoms with Gasteiger partial charge in [-0.3, -0.25) is 0 Å². The van der Waals surface area contributed by atoms with Gasteiger partial charge in [0.25, 0.3) is 0 Å². The van der Waals surface area contributed by atoms with Gasteiger partial charge in [-0.2, -0.15) is 0 Å². The molecule has 2 rings (SSSR count). The number of halogens is 2. The van der Waals surface area contributed by atoms with Crippen LogP contribution in [-0.2, 0) is 0 Å². The Kier molecular flexibility index (Phi) is 4.22. The summed E-state index contributed by atoms with van der Waals surface area (Å²) in [5, 5.41) is 1.83. The second-order valence-corrected chi connectivity index (χ2v) is 5.93. The van der Waals surface area contributed by atoms with Crippen molar-refractivity contribution in [3.8, 4) is 0 Å². The molecule has 1 aliphatic carbocycles. The molecule has 88 valence electrons. The molecule has 16 heavy (non-hydrogen) atoms. The SMILES string of the molecule is Nc1nc(SCC2CCCC2)c(Cl)cc1Cl. The molecule has 5 heteroatoms. The Hall–Kier alpha value is -0.120. The van der Waals surface area contributed by atoms with Crippen molar-refractivity contribution in [3.05, 3.63) is 16.1 Å². The third kappa shape index (κ3) is 2.96. The monoisotopic (exact) mass is 276 g/mol. The Bertz CT molecular complexity index is 378. The van der Waals surface area contributed by atoms with Gasteiger partial charge in [0.2, 0.25) is 0 Å². The van der Waals surface area contributed by atoms with Gasteiger partial charge in [0, 0.05) is 5.75 Å². The number of aromatic nitrogens is 1. The van der Waals surface area contributed by atoms with Gasteiger partial charge in [0.15, 0.2) is 0 Å². The summed E-state index contributed by atoms with van der Waals surface area (Å²) in [6, 6.07) is 1.67. The van der Waals surface area contributed by atoms with E-state index in [-0.39, 0.29) is 0 Å². The van der Waals surface area contributed by atoms with E-state index in [0.717, 1.165) is 16.7 Å². The Morgan fingerprint density at radius 2 is 2.00 bits per heavy atom. The van der Waals surface area contributed by atoms with Crippen molar-refractivity contribution in [3.63, 3.8) is 0 Å². The molecule has 2 nitrogen and oxygen atoms in total. The first-order valence-electron chi connectivity index (χ1n) is 5.41. The van der Waals surface area contributed by atoms with E-state index in [9.17, 15) is 0 Å². The molecule has 0 atom stereocenters. The van der Waals surface area contributed by atoms with Crippen LogP contribution < -0.4 is 5.73 Å². The molecule has 0 saturated heterocycles. The summed E-state index contributed by atoms with van der Waals surface area (Å²) in [7, 11) is 0. The Morgan fingerprint density at radius 3 is 2.69 bits per heavy atom. The van der Waals surface area contributed by atoms with Crippen LogP contribution in [0.25, 0.3) is 0 Å². The summed E-state index contributed by atoms with van der Waals surface area (Å²) in [5.74, 6) is 2.24. The van der Waals surface area contributed by atoms with Crippen molar-refractivity contribution in [1.29, 1.82) is 0 Å². The number of thioether (sulfide) groups is 1. The average Bonchev–Trinajstić information content (AvgIpc) is 2.74. The molecule has 0 aromatic carbocycles. The first-order valence-corrected chi connectivity index (χ1v) is 7.15. The lowest BCUT2D eigenvalue weighted by molar-refractivity contribution is 0.623. The van der Waals surface area contributed by atoms with Crippen LogP contribution in [0.4, 0.5) is 5.82 Å². The number of hydrogen-bond donors (Lipinski definition) is 1. The predicted molar refractivity (Wildman–Crippen MR) is 71.4 cm³/mol. The van der Waals surface area contributed by atoms with Crippen LogP contribution in [0.2, 0.25) is 10.0 Å². The zero-order valence-electron chi connectivity index (χ0n) is 8.88. The van der Waals surface area contributed by atoms with E-state index in [2.05, 4.69) is 4.98 Å². The summed E-state index contributed by atoms with van der Waals surface area (Å²) in [5.41, 5.74) is 5.66. The molecule has 1 aromatic heterocycles. The van der Waals surface area contributed by atoms with E-state index in [1.807, 2.05) is 0 Å². The summed E-state index contributed by atoms with van der Waals surface area (Å²) in [6.07, 6.45) is 5.37. The summed E-state index contributed by atoms with van der Waals surface area (Å²) >= 11 is 13.6. The fraction of sp³-hybridized carbons (Fsp3) is 0.545. The molecule has 0 bridgehead atoms. The first-order chi connectivity index (χ1) is 7.66. The van der Waals surface area contributed by atoms with Gasteiger partial charge in [0.05, 0.1) is 10.0 Å². The number of nitrogens with zero attached hydrogens (tertiary/aromatic N) is 1. The molecule has 1 saturated carbocycles. The molecule has 1 aromatic rings. The van der Waals surface area contributed by atoms with Crippen LogP contribution >= 0.6 is 35.0 Å². The lowest BCUT2D eigenvalue weighted by Crippen LogP contribution is -1.99. The molecule has 0 radical (unpaired) electrons. The molecular formula is C11H14Cl2N2S. The van der Waals surface area contributed by atoms with Gasteiger partial charge in [-0.25, -0.2) is 4.98 Å². The first kappa shape index (κ1) is 12.3. The standard InChI is InChI=1S/C11H14Cl2N2S/c12-8-5-9(13)11(15-10(8)14)16-6-7-3-1-2-4-7/h5,7H,1-4,6H2,(H2,14,15). The van der Waals surface area contributed by atoms with Crippen LogP contribution in [0.3, 0.4) is 0 Å². The second kappa shape index (κ2) is 5.48. The molecule has 2 N–H and O–H groups in total. The molecule has 0 unspecified atom stereocenters. The zero-order chi connectivity index (χ0) is 11.5. The lowest BCUT2D eigenvalue weighted by Gasteiger charge is -2.09. The normalized spacial score (nSPS) is 16.9. The Balaban J connectivity index is 2.00. The van der Waals surface area contributed by atoms with Crippen LogP contribution in [0.5, 0.6) is 0 Å². The van der Waals surface area contributed by atoms with Gasteiger partial charge in [0.1, 0.15) is 10.8 Å². The van der Waals surface area contributed by atoms with Crippen molar-refractivity contribution >= 4 is 40.8 Å². The molecule has 1 aliphatic rings. The highest BCUT2D eigenvalue weighted by Crippen LogP contribution is 2.35. The smallest absolute Gasteiger partial charge is 0.143 e. The Labute approximate surface area is 110 Å². The third-order valence-electron chi connectivity index (χ3n) is 2.85. The topological polar surface area (TPSA) is 38.9 Å². The van der Waals surface area contributed by atoms with E-state index >= 15 is 0 Å². The average molecular weight is 277 g/mol. The second-order valence-electron chi connectivity index (χ2n) is 4.10. The zero-order valence-corrected chi connectivity index (χ0v) is 11.2. The van der Waals surface area contributed by atoms with E-state index < -0.39 is 0 Å². The highest BCUT2D eigenvalue weighted by molar-refractivity contribution is 7.99. The number of nitrogen functional groups attached to an aromatic ring is 1. The van der Waals surface area contributed by atoms with Gasteiger partial charge >= 0.3 is 0 Å². The van der Waals surface area contributed by atoms with Crippen LogP contribution in [-0.4, -0.2) is 10.7 Å². The molecule has 0 amide bonds. The van der Waals surface area contributed by atoms with Gasteiger partial charge < -0.3 is 5.73 Å². The number of anilines is 1. The lowest BCUT2D eigenvalue weighted by atomic mass is 10.1. The van der Waals surface area contributed by atoms with Crippen molar-refractivity contribution in [2.24, 2.45) is 5.92 Å². The minimum absolute atomic E-state index is 0.361. The largest absolute Gasteiger partial charge is 0.382 e. The van der Waals surface area contributed by atoms with Crippen LogP contribution in [0.15, 0.2) is 11.1 Å². The maximum absolute atomic E-state index is 6.06. The minimum Gasteiger partial charge on any atom is -0.382 e. The highest BCUT2D eigenvalue weighted by Gasteiger charge is 2.16. The van der Waals surface area contributed by atoms with Crippen molar-refractivity contribution in [2.45, 2.75) is 30.7 Å². The van der Waals surface area contributed by atoms with E-state index in [1.165, 1.54) is 25.7 Å². The number of hydrogen-bond acceptors (Lipinski definition) is 3. The van der Waals surface area contributed by atoms with Gasteiger partial charge in [-0.1, -0.05) is 36.0 Å². The fourth-order valence-corrected chi connectivity index (χ4v) is 3.55. The van der Waals surface area contributed by atoms with Crippen molar-refractivity contribution in [2.75, 3.05) is 11.5 Å². The molecule has 0 aliphatic heterocycles. The van der Waals surface area contributed by atoms with E-state index in [1.54, 1.807) is 17.8 Å². The number of rotatable bonds is 3. The third-order valence-corrected chi connectivity index (χ3v) is 4.78. The van der Waals surface area contributed by atoms with E-state index in [4.69, 9.17) is 28.9 Å². The summed E-state index contributed by atoms with van der Waals surface area (Å²) in [6.45, 7) is 0. The van der Waals surface area contributed by atoms with E-state index in [0.29, 0.717) is 15.9 Å². The summed E-state index contributed by atoms with van der Waals surface area (Å²) in [4.78, 5) is 4.21. The quantitative estimate of drug-likeness (QED) is 0.839. The summed E-state index contributed by atoms with van der Waals surface area (Å²) < 4.78 is 0. The van der Waals surface area contributed by atoms with Crippen LogP contribution in [0, 0.1) is 5.92 Å². The maximum atomic E-state index is 6.06.